The van der Waals surface area contributed by atoms with Gasteiger partial charge in [-0.25, -0.2) is 0 Å². The molecule has 0 aliphatic heterocycles. The van der Waals surface area contributed by atoms with E-state index in [1.807, 2.05) is 0 Å². The van der Waals surface area contributed by atoms with Crippen molar-refractivity contribution in [2.75, 3.05) is 33.0 Å². The van der Waals surface area contributed by atoms with Gasteiger partial charge in [-0.05, 0) is 12.8 Å². The molecule has 0 rings (SSSR count). The molecule has 86 valence electrons. The Kier molecular flexibility index (Phi) is 10.8. The first-order valence-electron chi connectivity index (χ1n) is 5.34. The average molecular weight is 205 g/mol. The van der Waals surface area contributed by atoms with Crippen LogP contribution in [0.1, 0.15) is 26.2 Å². The van der Waals surface area contributed by atoms with Crippen LogP contribution in [0.25, 0.3) is 0 Å². The third-order valence-electron chi connectivity index (χ3n) is 1.88. The number of hydrogen-bond acceptors (Lipinski definition) is 4. The first kappa shape index (κ1) is 13.8. The van der Waals surface area contributed by atoms with Crippen LogP contribution in [0.15, 0.2) is 0 Å². The molecular weight excluding hydrogens is 182 g/mol. The molecule has 1 atom stereocenters. The highest BCUT2D eigenvalue weighted by Crippen LogP contribution is 1.91. The van der Waals surface area contributed by atoms with Gasteiger partial charge in [-0.15, -0.1) is 0 Å². The fraction of sp³-hybridized carbons (Fsp3) is 1.00. The fourth-order valence-corrected chi connectivity index (χ4v) is 0.906. The van der Waals surface area contributed by atoms with Crippen LogP contribution in [0.5, 0.6) is 0 Å². The summed E-state index contributed by atoms with van der Waals surface area (Å²) < 4.78 is 10.5. The second-order valence-corrected chi connectivity index (χ2v) is 3.26. The van der Waals surface area contributed by atoms with Crippen molar-refractivity contribution in [2.24, 2.45) is 5.73 Å². The van der Waals surface area contributed by atoms with Crippen molar-refractivity contribution in [1.29, 1.82) is 0 Å². The van der Waals surface area contributed by atoms with Crippen LogP contribution >= 0.6 is 0 Å². The second kappa shape index (κ2) is 10.9. The molecule has 0 radical (unpaired) electrons. The van der Waals surface area contributed by atoms with Gasteiger partial charge in [0, 0.05) is 19.8 Å². The van der Waals surface area contributed by atoms with Crippen LogP contribution in [-0.2, 0) is 9.47 Å². The lowest BCUT2D eigenvalue weighted by Crippen LogP contribution is -2.21. The molecule has 0 saturated heterocycles. The monoisotopic (exact) mass is 205 g/mol. The largest absolute Gasteiger partial charge is 0.392 e. The van der Waals surface area contributed by atoms with E-state index < -0.39 is 6.10 Å². The molecule has 14 heavy (non-hydrogen) atoms. The smallest absolute Gasteiger partial charge is 0.0700 e. The lowest BCUT2D eigenvalue weighted by Gasteiger charge is -2.08. The summed E-state index contributed by atoms with van der Waals surface area (Å²) in [6.45, 7) is 5.03. The van der Waals surface area contributed by atoms with Gasteiger partial charge in [0.1, 0.15) is 0 Å². The van der Waals surface area contributed by atoms with E-state index in [0.717, 1.165) is 19.4 Å². The normalized spacial score (nSPS) is 13.1. The molecular formula is C10H23NO3. The summed E-state index contributed by atoms with van der Waals surface area (Å²) in [5, 5.41) is 9.09. The Labute approximate surface area is 86.4 Å². The molecule has 0 aromatic heterocycles. The first-order chi connectivity index (χ1) is 6.81. The highest BCUT2D eigenvalue weighted by Gasteiger charge is 1.99. The Balaban J connectivity index is 2.92. The number of unbranched alkanes of at least 4 members (excludes halogenated alkanes) is 1. The number of aliphatic hydroxyl groups is 1. The molecule has 4 heteroatoms. The minimum Gasteiger partial charge on any atom is -0.392 e. The number of nitrogens with two attached hydrogens (primary N) is 1. The average Bonchev–Trinajstić information content (AvgIpc) is 2.21. The molecule has 0 aromatic rings. The summed E-state index contributed by atoms with van der Waals surface area (Å²) >= 11 is 0. The molecule has 4 nitrogen and oxygen atoms in total. The fourth-order valence-electron chi connectivity index (χ4n) is 0.906. The number of ether oxygens (including phenoxy) is 2. The highest BCUT2D eigenvalue weighted by molar-refractivity contribution is 4.53. The van der Waals surface area contributed by atoms with Gasteiger partial charge < -0.3 is 20.3 Å². The first-order valence-corrected chi connectivity index (χ1v) is 5.34. The standard InChI is InChI=1S/C10H23NO3/c1-2-3-5-13-7-8-14-6-4-10(12)9-11/h10,12H,2-9,11H2,1H3. The van der Waals surface area contributed by atoms with Crippen molar-refractivity contribution < 1.29 is 14.6 Å². The zero-order chi connectivity index (χ0) is 10.6. The molecule has 0 saturated carbocycles. The molecule has 0 bridgehead atoms. The molecule has 3 N–H and O–H groups in total. The van der Waals surface area contributed by atoms with Crippen LogP contribution in [0.2, 0.25) is 0 Å². The lowest BCUT2D eigenvalue weighted by molar-refractivity contribution is 0.0328. The Morgan fingerprint density at radius 3 is 2.36 bits per heavy atom. The van der Waals surface area contributed by atoms with Gasteiger partial charge in [0.15, 0.2) is 0 Å². The van der Waals surface area contributed by atoms with Gasteiger partial charge in [0.25, 0.3) is 0 Å². The van der Waals surface area contributed by atoms with Crippen molar-refractivity contribution in [3.8, 4) is 0 Å². The summed E-state index contributed by atoms with van der Waals surface area (Å²) in [5.41, 5.74) is 5.24. The SMILES string of the molecule is CCCCOCCOCCC(O)CN. The summed E-state index contributed by atoms with van der Waals surface area (Å²) in [6.07, 6.45) is 2.43. The summed E-state index contributed by atoms with van der Waals surface area (Å²) in [7, 11) is 0. The van der Waals surface area contributed by atoms with Gasteiger partial charge in [-0.3, -0.25) is 0 Å². The maximum Gasteiger partial charge on any atom is 0.0700 e. The summed E-state index contributed by atoms with van der Waals surface area (Å²) in [5.74, 6) is 0. The molecule has 0 fully saturated rings. The Morgan fingerprint density at radius 2 is 1.79 bits per heavy atom. The third kappa shape index (κ3) is 9.92. The van der Waals surface area contributed by atoms with E-state index in [1.165, 1.54) is 0 Å². The number of aliphatic hydroxyl groups excluding tert-OH is 1. The van der Waals surface area contributed by atoms with E-state index in [4.69, 9.17) is 20.3 Å². The van der Waals surface area contributed by atoms with Crippen LogP contribution in [0.4, 0.5) is 0 Å². The van der Waals surface area contributed by atoms with E-state index >= 15 is 0 Å². The van der Waals surface area contributed by atoms with Crippen LogP contribution in [0.3, 0.4) is 0 Å². The summed E-state index contributed by atoms with van der Waals surface area (Å²) in [4.78, 5) is 0. The predicted octanol–water partition coefficient (Wildman–Crippen LogP) is 0.529. The Hall–Kier alpha value is -0.160. The Morgan fingerprint density at radius 1 is 1.14 bits per heavy atom. The van der Waals surface area contributed by atoms with Crippen molar-refractivity contribution in [3.05, 3.63) is 0 Å². The van der Waals surface area contributed by atoms with Crippen LogP contribution in [-0.4, -0.2) is 44.2 Å². The molecule has 0 spiro atoms. The quantitative estimate of drug-likeness (QED) is 0.511. The highest BCUT2D eigenvalue weighted by atomic mass is 16.5. The topological polar surface area (TPSA) is 64.7 Å². The van der Waals surface area contributed by atoms with Crippen molar-refractivity contribution in [1.82, 2.24) is 0 Å². The van der Waals surface area contributed by atoms with Gasteiger partial charge >= 0.3 is 0 Å². The lowest BCUT2D eigenvalue weighted by atomic mass is 10.3. The van der Waals surface area contributed by atoms with Crippen molar-refractivity contribution >= 4 is 0 Å². The molecule has 0 aliphatic carbocycles. The number of hydrogen-bond donors (Lipinski definition) is 2. The van der Waals surface area contributed by atoms with Crippen molar-refractivity contribution in [2.45, 2.75) is 32.3 Å². The molecule has 0 heterocycles. The maximum absolute atomic E-state index is 9.09. The van der Waals surface area contributed by atoms with Gasteiger partial charge in [-0.2, -0.15) is 0 Å². The Bertz CT molecular complexity index is 112. The van der Waals surface area contributed by atoms with E-state index in [2.05, 4.69) is 6.92 Å². The van der Waals surface area contributed by atoms with E-state index in [9.17, 15) is 0 Å². The number of rotatable bonds is 10. The van der Waals surface area contributed by atoms with Crippen LogP contribution in [0, 0.1) is 0 Å². The minimum atomic E-state index is -0.434. The van der Waals surface area contributed by atoms with Gasteiger partial charge in [0.2, 0.25) is 0 Å². The molecule has 0 aromatic carbocycles. The zero-order valence-corrected chi connectivity index (χ0v) is 9.08. The maximum atomic E-state index is 9.09. The minimum absolute atomic E-state index is 0.302. The zero-order valence-electron chi connectivity index (χ0n) is 9.08. The molecule has 0 aliphatic rings. The van der Waals surface area contributed by atoms with E-state index in [-0.39, 0.29) is 0 Å². The van der Waals surface area contributed by atoms with Gasteiger partial charge in [-0.1, -0.05) is 13.3 Å². The van der Waals surface area contributed by atoms with Crippen LogP contribution < -0.4 is 5.73 Å². The molecule has 1 unspecified atom stereocenters. The van der Waals surface area contributed by atoms with Gasteiger partial charge in [0.05, 0.1) is 19.3 Å². The second-order valence-electron chi connectivity index (χ2n) is 3.26. The van der Waals surface area contributed by atoms with E-state index in [1.54, 1.807) is 0 Å². The molecule has 0 amide bonds. The van der Waals surface area contributed by atoms with Crippen molar-refractivity contribution in [3.63, 3.8) is 0 Å². The van der Waals surface area contributed by atoms with E-state index in [0.29, 0.717) is 32.8 Å². The predicted molar refractivity (Wildman–Crippen MR) is 56.2 cm³/mol. The summed E-state index contributed by atoms with van der Waals surface area (Å²) in [6, 6.07) is 0. The third-order valence-corrected chi connectivity index (χ3v) is 1.88.